The molecule has 7 N–H and O–H groups in total. The lowest BCUT2D eigenvalue weighted by Gasteiger charge is -2.48. The second kappa shape index (κ2) is 22.9. The van der Waals surface area contributed by atoms with E-state index in [4.69, 9.17) is 28.4 Å². The largest absolute Gasteiger partial charge is 0.479 e. The summed E-state index contributed by atoms with van der Waals surface area (Å²) in [6.07, 6.45) is -11.0. The Kier molecular flexibility index (Phi) is 16.8. The molecule has 15 atom stereocenters. The quantitative estimate of drug-likeness (QED) is 0.0426. The van der Waals surface area contributed by atoms with E-state index in [1.807, 2.05) is 4.57 Å². The molecule has 2 aliphatic heterocycles. The number of esters is 1. The number of nitro groups is 1. The zero-order chi connectivity index (χ0) is 50.5. The number of benzene rings is 2. The predicted molar refractivity (Wildman–Crippen MR) is 245 cm³/mol. The molecule has 2 saturated carbocycles. The first-order valence-electron chi connectivity index (χ1n) is 24.1. The number of rotatable bonds is 18. The fourth-order valence-corrected chi connectivity index (χ4v) is 10.2. The first-order valence-corrected chi connectivity index (χ1v) is 24.1. The Morgan fingerprint density at radius 1 is 0.901 bits per heavy atom. The molecule has 2 saturated heterocycles. The molecule has 8 rings (SSSR count). The van der Waals surface area contributed by atoms with Gasteiger partial charge in [0, 0.05) is 29.6 Å². The number of non-ortho nitro benzene ring substituents is 1. The van der Waals surface area contributed by atoms with Crippen LogP contribution in [0, 0.1) is 27.9 Å². The van der Waals surface area contributed by atoms with E-state index in [9.17, 15) is 55.1 Å². The number of carbonyl (C=O) groups is 3. The molecule has 386 valence electrons. The highest BCUT2D eigenvalue weighted by atomic mass is 16.7. The van der Waals surface area contributed by atoms with E-state index in [1.165, 1.54) is 31.2 Å². The number of ether oxygens (including phenoxy) is 6. The van der Waals surface area contributed by atoms with E-state index in [-0.39, 0.29) is 49.6 Å². The SMILES string of the molecule is C[C@@H]1O[C@@H](O[C@@H]2[C@@H](C)C[C@@H](C(=O)NCc3cn(Cn4ccc5cc([N+](=O)[O-])ccc54)nn3)C[C@H]2O[C@@H]2O[C@H](CO)[C@H](O)[C@H](O[C@@H](CC3CCCCC3)C(=O)O)[C@H]2OC(=O)c2ccccc2)[C@@H](O)[C@H](O)[C@@H]1O. The number of carboxylic acid groups (broad SMARTS) is 1. The van der Waals surface area contributed by atoms with E-state index in [2.05, 4.69) is 15.6 Å². The third-order valence-corrected chi connectivity index (χ3v) is 14.1. The summed E-state index contributed by atoms with van der Waals surface area (Å²) in [5, 5.41) is 88.1. The molecular weight excluding hydrogens is 933 g/mol. The van der Waals surface area contributed by atoms with Gasteiger partial charge in [-0.1, -0.05) is 62.4 Å². The molecule has 2 aliphatic carbocycles. The summed E-state index contributed by atoms with van der Waals surface area (Å²) in [4.78, 5) is 51.6. The van der Waals surface area contributed by atoms with Crippen LogP contribution in [0.4, 0.5) is 5.69 Å². The lowest BCUT2D eigenvalue weighted by molar-refractivity contribution is -0.384. The van der Waals surface area contributed by atoms with Gasteiger partial charge in [0.05, 0.1) is 53.7 Å². The second-order valence-corrected chi connectivity index (χ2v) is 19.1. The number of hydrogen-bond acceptors (Lipinski definition) is 18. The van der Waals surface area contributed by atoms with Crippen LogP contribution < -0.4 is 5.32 Å². The summed E-state index contributed by atoms with van der Waals surface area (Å²) in [5.74, 6) is -3.93. The number of aromatic nitrogens is 4. The van der Waals surface area contributed by atoms with Crippen molar-refractivity contribution in [3.8, 4) is 0 Å². The average molecular weight is 995 g/mol. The third-order valence-electron chi connectivity index (χ3n) is 14.1. The van der Waals surface area contributed by atoms with Crippen molar-refractivity contribution in [2.75, 3.05) is 6.61 Å². The van der Waals surface area contributed by atoms with Crippen molar-refractivity contribution in [3.63, 3.8) is 0 Å². The normalized spacial score (nSPS) is 32.0. The number of aliphatic hydroxyl groups excluding tert-OH is 5. The number of aliphatic carboxylic acids is 1. The van der Waals surface area contributed by atoms with Crippen molar-refractivity contribution in [2.45, 2.75) is 158 Å². The van der Waals surface area contributed by atoms with Crippen molar-refractivity contribution in [2.24, 2.45) is 17.8 Å². The Morgan fingerprint density at radius 3 is 2.38 bits per heavy atom. The van der Waals surface area contributed by atoms with Gasteiger partial charge in [-0.05, 0) is 62.3 Å². The van der Waals surface area contributed by atoms with Crippen LogP contribution in [0.1, 0.15) is 81.3 Å². The van der Waals surface area contributed by atoms with Crippen LogP contribution in [0.2, 0.25) is 0 Å². The van der Waals surface area contributed by atoms with Gasteiger partial charge in [-0.15, -0.1) is 5.10 Å². The molecule has 2 aromatic carbocycles. The van der Waals surface area contributed by atoms with Gasteiger partial charge in [-0.3, -0.25) is 14.9 Å². The fourth-order valence-electron chi connectivity index (χ4n) is 10.2. The molecule has 71 heavy (non-hydrogen) atoms. The van der Waals surface area contributed by atoms with Crippen LogP contribution in [0.3, 0.4) is 0 Å². The lowest BCUT2D eigenvalue weighted by Crippen LogP contribution is -2.64. The van der Waals surface area contributed by atoms with Crippen molar-refractivity contribution in [1.29, 1.82) is 0 Å². The zero-order valence-electron chi connectivity index (χ0n) is 39.3. The minimum atomic E-state index is -1.72. The van der Waals surface area contributed by atoms with Gasteiger partial charge in [0.25, 0.3) is 5.69 Å². The first-order chi connectivity index (χ1) is 34.1. The molecule has 0 radical (unpaired) electrons. The van der Waals surface area contributed by atoms with E-state index in [0.29, 0.717) is 11.1 Å². The summed E-state index contributed by atoms with van der Waals surface area (Å²) in [6.45, 7) is 2.66. The highest BCUT2D eigenvalue weighted by Crippen LogP contribution is 2.39. The Labute approximate surface area is 407 Å². The standard InChI is InChI=1S/C48H62N6O17/c1-25-17-30(44(60)49-21-31-22-53(51-50-31)24-52-16-15-29-19-32(54(64)65)13-14-33(29)52)20-34(41(25)71-47-40(59)39(58)37(56)26(2)66-47)68-48-43(70-46(63)28-11-7-4-8-12-28)42(38(57)36(23-55)69-48)67-35(45(61)62)18-27-9-5-3-6-10-27/h4,7-8,11-16,19,22,25-27,30,34-43,47-48,55-59H,3,5-6,9-10,17-18,20-21,23-24H2,1-2H3,(H,49,60)(H,61,62)/t25-,26-,30+,34+,35-,36+,37+,38-,39+,40-,41+,42-,43+,47-,48+/m0/s1. The van der Waals surface area contributed by atoms with Gasteiger partial charge < -0.3 is 68.9 Å². The monoisotopic (exact) mass is 994 g/mol. The molecule has 23 nitrogen and oxygen atoms in total. The van der Waals surface area contributed by atoms with Gasteiger partial charge in [-0.2, -0.15) is 0 Å². The molecule has 0 unspecified atom stereocenters. The van der Waals surface area contributed by atoms with Gasteiger partial charge in [0.2, 0.25) is 5.91 Å². The summed E-state index contributed by atoms with van der Waals surface area (Å²) in [7, 11) is 0. The van der Waals surface area contributed by atoms with E-state index in [0.717, 1.165) is 37.6 Å². The van der Waals surface area contributed by atoms with Gasteiger partial charge in [-0.25, -0.2) is 14.3 Å². The number of aliphatic hydroxyl groups is 5. The van der Waals surface area contributed by atoms with Crippen molar-refractivity contribution in [3.05, 3.63) is 88.4 Å². The number of carbonyl (C=O) groups excluding carboxylic acids is 2. The van der Waals surface area contributed by atoms with E-state index < -0.39 is 121 Å². The highest BCUT2D eigenvalue weighted by molar-refractivity contribution is 5.89. The Hall–Kier alpha value is -5.47. The molecule has 4 aromatic rings. The topological polar surface area (TPSA) is 319 Å². The van der Waals surface area contributed by atoms with E-state index in [1.54, 1.807) is 54.3 Å². The van der Waals surface area contributed by atoms with Crippen molar-refractivity contribution < 1.29 is 78.4 Å². The van der Waals surface area contributed by atoms with Crippen LogP contribution in [0.5, 0.6) is 0 Å². The summed E-state index contributed by atoms with van der Waals surface area (Å²) >= 11 is 0. The number of fused-ring (bicyclic) bond motifs is 1. The maximum Gasteiger partial charge on any atom is 0.338 e. The number of nitro benzene ring substituents is 1. The smallest absolute Gasteiger partial charge is 0.338 e. The van der Waals surface area contributed by atoms with Crippen LogP contribution in [-0.2, 0) is 51.2 Å². The second-order valence-electron chi connectivity index (χ2n) is 19.1. The Balaban J connectivity index is 1.04. The molecule has 23 heteroatoms. The number of hydrogen-bond donors (Lipinski definition) is 7. The summed E-state index contributed by atoms with van der Waals surface area (Å²) in [6, 6.07) is 14.2. The highest BCUT2D eigenvalue weighted by Gasteiger charge is 2.54. The van der Waals surface area contributed by atoms with Crippen LogP contribution >= 0.6 is 0 Å². The molecule has 0 bridgehead atoms. The maximum atomic E-state index is 14.1. The number of carboxylic acids is 1. The van der Waals surface area contributed by atoms with Crippen LogP contribution in [-0.4, -0.2) is 159 Å². The number of nitrogens with zero attached hydrogens (tertiary/aromatic N) is 5. The molecule has 0 spiro atoms. The van der Waals surface area contributed by atoms with Gasteiger partial charge >= 0.3 is 11.9 Å². The average Bonchev–Trinajstić information content (AvgIpc) is 4.00. The first kappa shape index (κ1) is 51.9. The summed E-state index contributed by atoms with van der Waals surface area (Å²) < 4.78 is 40.7. The lowest BCUT2D eigenvalue weighted by atomic mass is 9.77. The predicted octanol–water partition coefficient (Wildman–Crippen LogP) is 2.02. The minimum Gasteiger partial charge on any atom is -0.479 e. The van der Waals surface area contributed by atoms with Gasteiger partial charge in [0.1, 0.15) is 49.0 Å². The molecule has 4 fully saturated rings. The Morgan fingerprint density at radius 2 is 1.66 bits per heavy atom. The molecule has 4 aliphatic rings. The van der Waals surface area contributed by atoms with E-state index >= 15 is 0 Å². The van der Waals surface area contributed by atoms with Crippen LogP contribution in [0.15, 0.2) is 67.0 Å². The van der Waals surface area contributed by atoms with Gasteiger partial charge in [0.15, 0.2) is 24.8 Å². The number of amides is 1. The minimum absolute atomic E-state index is 0.0181. The molecular formula is C48H62N6O17. The number of nitrogens with one attached hydrogen (secondary N) is 1. The molecule has 1 amide bonds. The molecule has 2 aromatic heterocycles. The molecule has 4 heterocycles. The fraction of sp³-hybridized carbons (Fsp3) is 0.604. The summed E-state index contributed by atoms with van der Waals surface area (Å²) in [5.41, 5.74) is 1.23. The maximum absolute atomic E-state index is 14.1. The van der Waals surface area contributed by atoms with Crippen molar-refractivity contribution in [1.82, 2.24) is 24.9 Å². The van der Waals surface area contributed by atoms with Crippen LogP contribution in [0.25, 0.3) is 10.9 Å². The third kappa shape index (κ3) is 12.1. The zero-order valence-corrected chi connectivity index (χ0v) is 39.3. The van der Waals surface area contributed by atoms with Crippen molar-refractivity contribution >= 4 is 34.4 Å². The Bertz CT molecular complexity index is 2450.